The molecule has 2 N–H and O–H groups in total. The number of rotatable bonds is 1. The third kappa shape index (κ3) is 2.21. The molecule has 0 saturated heterocycles. The molecular weight excluding hydrogens is 257 g/mol. The summed E-state index contributed by atoms with van der Waals surface area (Å²) < 4.78 is 42.1. The van der Waals surface area contributed by atoms with Crippen LogP contribution in [-0.4, -0.2) is 5.16 Å². The van der Waals surface area contributed by atoms with E-state index in [-0.39, 0.29) is 16.9 Å². The number of hydrogen-bond donors (Lipinski definition) is 1. The van der Waals surface area contributed by atoms with E-state index in [4.69, 9.17) is 17.3 Å². The molecule has 1 aromatic carbocycles. The number of halogens is 4. The van der Waals surface area contributed by atoms with Crippen molar-refractivity contribution in [2.24, 2.45) is 0 Å². The van der Waals surface area contributed by atoms with E-state index in [2.05, 4.69) is 9.68 Å². The Hall–Kier alpha value is -1.69. The average molecular weight is 263 g/mol. The Labute approximate surface area is 99.0 Å². The summed E-state index contributed by atoms with van der Waals surface area (Å²) >= 11 is 5.71. The summed E-state index contributed by atoms with van der Waals surface area (Å²) in [5.41, 5.74) is 5.29. The van der Waals surface area contributed by atoms with Gasteiger partial charge in [-0.15, -0.1) is 0 Å². The van der Waals surface area contributed by atoms with E-state index >= 15 is 0 Å². The number of aromatic nitrogens is 1. The van der Waals surface area contributed by atoms with Gasteiger partial charge in [-0.25, -0.2) is 0 Å². The summed E-state index contributed by atoms with van der Waals surface area (Å²) in [5, 5.41) is 3.43. The Morgan fingerprint density at radius 2 is 2.00 bits per heavy atom. The number of alkyl halides is 3. The van der Waals surface area contributed by atoms with Gasteiger partial charge in [0.25, 0.3) is 0 Å². The quantitative estimate of drug-likeness (QED) is 0.854. The highest BCUT2D eigenvalue weighted by molar-refractivity contribution is 6.30. The molecule has 0 aliphatic carbocycles. The molecule has 0 bridgehead atoms. The third-order valence-corrected chi connectivity index (χ3v) is 2.32. The van der Waals surface area contributed by atoms with Crippen LogP contribution in [0.15, 0.2) is 28.8 Å². The van der Waals surface area contributed by atoms with Gasteiger partial charge in [-0.1, -0.05) is 28.9 Å². The van der Waals surface area contributed by atoms with Crippen molar-refractivity contribution in [3.63, 3.8) is 0 Å². The molecule has 0 fully saturated rings. The largest absolute Gasteiger partial charge is 0.453 e. The van der Waals surface area contributed by atoms with Crippen molar-refractivity contribution in [3.05, 3.63) is 35.0 Å². The standard InChI is InChI=1S/C10H6ClF3N2O/c11-6-3-1-2-5(4-6)7-8(10(12,13)14)17-16-9(7)15/h1-4H,(H2,15,16). The Bertz CT molecular complexity index is 551. The van der Waals surface area contributed by atoms with Gasteiger partial charge in [-0.05, 0) is 17.7 Å². The zero-order valence-electron chi connectivity index (χ0n) is 8.25. The number of nitrogens with two attached hydrogens (primary N) is 1. The predicted molar refractivity (Wildman–Crippen MR) is 56.4 cm³/mol. The Kier molecular flexibility index (Phi) is 2.74. The monoisotopic (exact) mass is 262 g/mol. The molecule has 3 nitrogen and oxygen atoms in total. The van der Waals surface area contributed by atoms with Crippen LogP contribution in [0.5, 0.6) is 0 Å². The van der Waals surface area contributed by atoms with Crippen LogP contribution in [0.3, 0.4) is 0 Å². The van der Waals surface area contributed by atoms with Crippen molar-refractivity contribution in [2.75, 3.05) is 5.73 Å². The number of benzene rings is 1. The Morgan fingerprint density at radius 1 is 1.29 bits per heavy atom. The molecule has 0 saturated carbocycles. The normalized spacial score (nSPS) is 11.8. The van der Waals surface area contributed by atoms with Gasteiger partial charge < -0.3 is 10.3 Å². The fourth-order valence-corrected chi connectivity index (χ4v) is 1.61. The molecule has 0 aliphatic heterocycles. The zero-order valence-corrected chi connectivity index (χ0v) is 9.01. The molecule has 90 valence electrons. The van der Waals surface area contributed by atoms with E-state index in [0.29, 0.717) is 5.02 Å². The molecule has 2 aromatic rings. The van der Waals surface area contributed by atoms with Gasteiger partial charge in [-0.3, -0.25) is 0 Å². The number of nitrogen functional groups attached to an aromatic ring is 1. The van der Waals surface area contributed by atoms with E-state index in [1.165, 1.54) is 18.2 Å². The minimum atomic E-state index is -4.65. The molecule has 1 aromatic heterocycles. The molecule has 0 atom stereocenters. The van der Waals surface area contributed by atoms with Crippen molar-refractivity contribution in [1.82, 2.24) is 5.16 Å². The van der Waals surface area contributed by atoms with Crippen LogP contribution in [-0.2, 0) is 6.18 Å². The minimum Gasteiger partial charge on any atom is -0.380 e. The molecular formula is C10H6ClF3N2O. The van der Waals surface area contributed by atoms with Crippen molar-refractivity contribution >= 4 is 17.4 Å². The van der Waals surface area contributed by atoms with Gasteiger partial charge in [0, 0.05) is 5.02 Å². The van der Waals surface area contributed by atoms with Gasteiger partial charge in [-0.2, -0.15) is 13.2 Å². The number of anilines is 1. The minimum absolute atomic E-state index is 0.212. The first kappa shape index (κ1) is 11.8. The van der Waals surface area contributed by atoms with Crippen LogP contribution in [0.4, 0.5) is 19.0 Å². The lowest BCUT2D eigenvalue weighted by molar-refractivity contribution is -0.154. The topological polar surface area (TPSA) is 52.0 Å². The Morgan fingerprint density at radius 3 is 2.59 bits per heavy atom. The smallest absolute Gasteiger partial charge is 0.380 e. The van der Waals surface area contributed by atoms with Gasteiger partial charge in [0.15, 0.2) is 5.82 Å². The lowest BCUT2D eigenvalue weighted by atomic mass is 10.1. The summed E-state index contributed by atoms with van der Waals surface area (Å²) in [6.45, 7) is 0. The SMILES string of the molecule is Nc1noc(C(F)(F)F)c1-c1cccc(Cl)c1. The zero-order chi connectivity index (χ0) is 12.6. The highest BCUT2D eigenvalue weighted by Crippen LogP contribution is 2.40. The number of nitrogens with zero attached hydrogens (tertiary/aromatic N) is 1. The van der Waals surface area contributed by atoms with Crippen LogP contribution < -0.4 is 5.73 Å². The molecule has 0 amide bonds. The molecule has 1 heterocycles. The highest BCUT2D eigenvalue weighted by Gasteiger charge is 2.40. The highest BCUT2D eigenvalue weighted by atomic mass is 35.5. The molecule has 7 heteroatoms. The Balaban J connectivity index is 2.63. The average Bonchev–Trinajstić information content (AvgIpc) is 2.59. The summed E-state index contributed by atoms with van der Waals surface area (Å²) in [7, 11) is 0. The summed E-state index contributed by atoms with van der Waals surface area (Å²) in [4.78, 5) is 0. The van der Waals surface area contributed by atoms with E-state index in [9.17, 15) is 13.2 Å². The maximum absolute atomic E-state index is 12.6. The van der Waals surface area contributed by atoms with Crippen LogP contribution in [0.2, 0.25) is 5.02 Å². The lowest BCUT2D eigenvalue weighted by Crippen LogP contribution is -2.05. The van der Waals surface area contributed by atoms with E-state index in [1.54, 1.807) is 6.07 Å². The molecule has 2 rings (SSSR count). The van der Waals surface area contributed by atoms with Gasteiger partial charge in [0.05, 0.1) is 5.56 Å². The van der Waals surface area contributed by atoms with Crippen LogP contribution in [0.1, 0.15) is 5.76 Å². The van der Waals surface area contributed by atoms with Crippen molar-refractivity contribution in [3.8, 4) is 11.1 Å². The van der Waals surface area contributed by atoms with Crippen LogP contribution in [0, 0.1) is 0 Å². The van der Waals surface area contributed by atoms with E-state index < -0.39 is 11.9 Å². The third-order valence-electron chi connectivity index (χ3n) is 2.09. The lowest BCUT2D eigenvalue weighted by Gasteiger charge is -2.05. The summed E-state index contributed by atoms with van der Waals surface area (Å²) in [6.07, 6.45) is -4.65. The first-order valence-corrected chi connectivity index (χ1v) is 4.85. The molecule has 0 spiro atoms. The van der Waals surface area contributed by atoms with Crippen LogP contribution in [0.25, 0.3) is 11.1 Å². The summed E-state index contributed by atoms with van der Waals surface area (Å²) in [6, 6.07) is 5.87. The fourth-order valence-electron chi connectivity index (χ4n) is 1.42. The van der Waals surface area contributed by atoms with E-state index in [1.807, 2.05) is 0 Å². The van der Waals surface area contributed by atoms with E-state index in [0.717, 1.165) is 0 Å². The second kappa shape index (κ2) is 3.96. The summed E-state index contributed by atoms with van der Waals surface area (Å²) in [5.74, 6) is -1.54. The van der Waals surface area contributed by atoms with Crippen molar-refractivity contribution in [1.29, 1.82) is 0 Å². The van der Waals surface area contributed by atoms with Gasteiger partial charge >= 0.3 is 6.18 Å². The molecule has 0 unspecified atom stereocenters. The maximum atomic E-state index is 12.6. The molecule has 0 aliphatic rings. The maximum Gasteiger partial charge on any atom is 0.453 e. The predicted octanol–water partition coefficient (Wildman–Crippen LogP) is 3.60. The second-order valence-corrected chi connectivity index (χ2v) is 3.72. The fraction of sp³-hybridized carbons (Fsp3) is 0.100. The van der Waals surface area contributed by atoms with Gasteiger partial charge in [0.1, 0.15) is 0 Å². The van der Waals surface area contributed by atoms with Crippen molar-refractivity contribution in [2.45, 2.75) is 6.18 Å². The van der Waals surface area contributed by atoms with Crippen molar-refractivity contribution < 1.29 is 17.7 Å². The van der Waals surface area contributed by atoms with Crippen LogP contribution >= 0.6 is 11.6 Å². The molecule has 17 heavy (non-hydrogen) atoms. The first-order chi connectivity index (χ1) is 7.89. The first-order valence-electron chi connectivity index (χ1n) is 4.48. The second-order valence-electron chi connectivity index (χ2n) is 3.28. The van der Waals surface area contributed by atoms with Gasteiger partial charge in [0.2, 0.25) is 5.76 Å². The number of hydrogen-bond acceptors (Lipinski definition) is 3. The molecule has 0 radical (unpaired) electrons.